The minimum Gasteiger partial charge on any atom is -0.506 e. The fourth-order valence-electron chi connectivity index (χ4n) is 1.85. The lowest BCUT2D eigenvalue weighted by molar-refractivity contribution is 0.0916. The summed E-state index contributed by atoms with van der Waals surface area (Å²) < 4.78 is 0. The minimum absolute atomic E-state index is 0.141. The molecule has 2 rings (SSSR count). The fraction of sp³-hybridized carbons (Fsp3) is 0.133. The number of hydrogen-bond donors (Lipinski definition) is 4. The number of anilines is 1. The highest BCUT2D eigenvalue weighted by molar-refractivity contribution is 5.95. The maximum absolute atomic E-state index is 12.1. The number of nitrogen functional groups attached to an aromatic ring is 1. The Morgan fingerprint density at radius 1 is 1.20 bits per heavy atom. The standard InChI is InChI=1S/C15H16N2O3/c16-12-7-6-11(8-14(12)19)15(20)17-13(9-18)10-4-2-1-3-5-10/h1-8,13,18-19H,9,16H2,(H,17,20)/t13-/m0/s1. The van der Waals surface area contributed by atoms with E-state index in [2.05, 4.69) is 5.32 Å². The SMILES string of the molecule is Nc1ccc(C(=O)N[C@@H](CO)c2ccccc2)cc1O. The fourth-order valence-corrected chi connectivity index (χ4v) is 1.85. The molecule has 0 bridgehead atoms. The van der Waals surface area contributed by atoms with Gasteiger partial charge in [0.25, 0.3) is 5.91 Å². The first-order chi connectivity index (χ1) is 9.61. The maximum Gasteiger partial charge on any atom is 0.251 e. The molecule has 2 aromatic rings. The largest absolute Gasteiger partial charge is 0.506 e. The minimum atomic E-state index is -0.497. The van der Waals surface area contributed by atoms with Crippen LogP contribution in [0.4, 0.5) is 5.69 Å². The van der Waals surface area contributed by atoms with Gasteiger partial charge in [0.05, 0.1) is 18.3 Å². The van der Waals surface area contributed by atoms with Crippen molar-refractivity contribution in [3.05, 3.63) is 59.7 Å². The normalized spacial score (nSPS) is 11.8. The number of phenolic OH excluding ortho intramolecular Hbond substituents is 1. The molecule has 5 nitrogen and oxygen atoms in total. The molecule has 0 radical (unpaired) electrons. The Bertz CT molecular complexity index is 599. The quantitative estimate of drug-likeness (QED) is 0.500. The summed E-state index contributed by atoms with van der Waals surface area (Å²) >= 11 is 0. The molecule has 0 unspecified atom stereocenters. The monoisotopic (exact) mass is 272 g/mol. The second-order valence-corrected chi connectivity index (χ2v) is 4.39. The van der Waals surface area contributed by atoms with E-state index >= 15 is 0 Å². The third-order valence-corrected chi connectivity index (χ3v) is 2.98. The van der Waals surface area contributed by atoms with Crippen molar-refractivity contribution < 1.29 is 15.0 Å². The van der Waals surface area contributed by atoms with Crippen LogP contribution < -0.4 is 11.1 Å². The summed E-state index contributed by atoms with van der Waals surface area (Å²) in [6, 6.07) is 12.9. The molecule has 0 saturated heterocycles. The molecule has 0 aromatic heterocycles. The molecule has 0 spiro atoms. The summed E-state index contributed by atoms with van der Waals surface area (Å²) in [5.74, 6) is -0.527. The van der Waals surface area contributed by atoms with Crippen LogP contribution >= 0.6 is 0 Å². The zero-order valence-electron chi connectivity index (χ0n) is 10.8. The molecule has 2 aromatic carbocycles. The number of rotatable bonds is 4. The van der Waals surface area contributed by atoms with Gasteiger partial charge in [0.2, 0.25) is 0 Å². The van der Waals surface area contributed by atoms with Gasteiger partial charge in [0, 0.05) is 5.56 Å². The highest BCUT2D eigenvalue weighted by Gasteiger charge is 2.15. The molecule has 1 amide bonds. The zero-order valence-corrected chi connectivity index (χ0v) is 10.8. The summed E-state index contributed by atoms with van der Waals surface area (Å²) in [6.45, 7) is -0.212. The number of nitrogens with two attached hydrogens (primary N) is 1. The van der Waals surface area contributed by atoms with Crippen LogP contribution in [0.3, 0.4) is 0 Å². The van der Waals surface area contributed by atoms with Crippen LogP contribution in [0.5, 0.6) is 5.75 Å². The number of nitrogens with one attached hydrogen (secondary N) is 1. The summed E-state index contributed by atoms with van der Waals surface area (Å²) in [7, 11) is 0. The number of carbonyl (C=O) groups excluding carboxylic acids is 1. The highest BCUT2D eigenvalue weighted by Crippen LogP contribution is 2.21. The van der Waals surface area contributed by atoms with Gasteiger partial charge in [-0.1, -0.05) is 30.3 Å². The van der Waals surface area contributed by atoms with Crippen molar-refractivity contribution >= 4 is 11.6 Å². The Labute approximate surface area is 116 Å². The van der Waals surface area contributed by atoms with E-state index < -0.39 is 6.04 Å². The lowest BCUT2D eigenvalue weighted by Crippen LogP contribution is -2.30. The Hall–Kier alpha value is -2.53. The van der Waals surface area contributed by atoms with Gasteiger partial charge in [0.15, 0.2) is 0 Å². The molecule has 5 heteroatoms. The number of aromatic hydroxyl groups is 1. The topological polar surface area (TPSA) is 95.6 Å². The second-order valence-electron chi connectivity index (χ2n) is 4.39. The van der Waals surface area contributed by atoms with Crippen LogP contribution in [-0.2, 0) is 0 Å². The Balaban J connectivity index is 2.15. The lowest BCUT2D eigenvalue weighted by atomic mass is 10.1. The lowest BCUT2D eigenvalue weighted by Gasteiger charge is -2.17. The number of aliphatic hydroxyl groups is 1. The molecule has 0 aliphatic carbocycles. The maximum atomic E-state index is 12.1. The first-order valence-corrected chi connectivity index (χ1v) is 6.17. The van der Waals surface area contributed by atoms with Crippen molar-refractivity contribution in [2.24, 2.45) is 0 Å². The van der Waals surface area contributed by atoms with Crippen molar-refractivity contribution in [1.29, 1.82) is 0 Å². The van der Waals surface area contributed by atoms with E-state index in [1.165, 1.54) is 18.2 Å². The molecule has 0 fully saturated rings. The zero-order chi connectivity index (χ0) is 14.5. The molecule has 0 aliphatic heterocycles. The average Bonchev–Trinajstić information content (AvgIpc) is 2.48. The molecule has 0 aliphatic rings. The predicted octanol–water partition coefficient (Wildman–Crippen LogP) is 1.44. The molecule has 0 saturated carbocycles. The van der Waals surface area contributed by atoms with Gasteiger partial charge < -0.3 is 21.3 Å². The smallest absolute Gasteiger partial charge is 0.251 e. The van der Waals surface area contributed by atoms with Gasteiger partial charge in [-0.25, -0.2) is 0 Å². The van der Waals surface area contributed by atoms with Crippen LogP contribution in [0, 0.1) is 0 Å². The van der Waals surface area contributed by atoms with E-state index in [-0.39, 0.29) is 29.5 Å². The summed E-state index contributed by atoms with van der Waals surface area (Å²) in [6.07, 6.45) is 0. The van der Waals surface area contributed by atoms with Gasteiger partial charge in [-0.2, -0.15) is 0 Å². The second kappa shape index (κ2) is 6.08. The van der Waals surface area contributed by atoms with E-state index in [1.807, 2.05) is 30.3 Å². The van der Waals surface area contributed by atoms with E-state index in [0.717, 1.165) is 5.56 Å². The Kier molecular flexibility index (Phi) is 4.22. The van der Waals surface area contributed by atoms with Crippen LogP contribution in [0.15, 0.2) is 48.5 Å². The number of hydrogen-bond acceptors (Lipinski definition) is 4. The van der Waals surface area contributed by atoms with Crippen molar-refractivity contribution in [3.8, 4) is 5.75 Å². The number of carbonyl (C=O) groups is 1. The van der Waals surface area contributed by atoms with Crippen molar-refractivity contribution in [2.75, 3.05) is 12.3 Å². The third kappa shape index (κ3) is 3.07. The average molecular weight is 272 g/mol. The first-order valence-electron chi connectivity index (χ1n) is 6.17. The van der Waals surface area contributed by atoms with Crippen LogP contribution in [0.25, 0.3) is 0 Å². The molecular formula is C15H16N2O3. The van der Waals surface area contributed by atoms with Crippen molar-refractivity contribution in [2.45, 2.75) is 6.04 Å². The van der Waals surface area contributed by atoms with Crippen LogP contribution in [0.1, 0.15) is 22.0 Å². The highest BCUT2D eigenvalue weighted by atomic mass is 16.3. The first kappa shape index (κ1) is 13.9. The number of phenols is 1. The summed E-state index contributed by atoms with van der Waals surface area (Å²) in [5.41, 5.74) is 6.79. The van der Waals surface area contributed by atoms with Gasteiger partial charge in [0.1, 0.15) is 5.75 Å². The Morgan fingerprint density at radius 3 is 2.50 bits per heavy atom. The van der Waals surface area contributed by atoms with Gasteiger partial charge in [-0.3, -0.25) is 4.79 Å². The molecule has 104 valence electrons. The summed E-state index contributed by atoms with van der Waals surface area (Å²) in [4.78, 5) is 12.1. The molecule has 1 atom stereocenters. The molecule has 5 N–H and O–H groups in total. The van der Waals surface area contributed by atoms with Crippen molar-refractivity contribution in [1.82, 2.24) is 5.32 Å². The van der Waals surface area contributed by atoms with Crippen LogP contribution in [0.2, 0.25) is 0 Å². The van der Waals surface area contributed by atoms with E-state index in [9.17, 15) is 15.0 Å². The molecule has 20 heavy (non-hydrogen) atoms. The predicted molar refractivity (Wildman–Crippen MR) is 76.3 cm³/mol. The molecule has 0 heterocycles. The summed E-state index contributed by atoms with van der Waals surface area (Å²) in [5, 5.41) is 21.6. The number of benzene rings is 2. The van der Waals surface area contributed by atoms with Crippen molar-refractivity contribution in [3.63, 3.8) is 0 Å². The Morgan fingerprint density at radius 2 is 1.90 bits per heavy atom. The van der Waals surface area contributed by atoms with Crippen LogP contribution in [-0.4, -0.2) is 22.7 Å². The van der Waals surface area contributed by atoms with E-state index in [1.54, 1.807) is 0 Å². The van der Waals surface area contributed by atoms with Gasteiger partial charge in [-0.15, -0.1) is 0 Å². The third-order valence-electron chi connectivity index (χ3n) is 2.98. The van der Waals surface area contributed by atoms with Gasteiger partial charge >= 0.3 is 0 Å². The number of amides is 1. The van der Waals surface area contributed by atoms with Gasteiger partial charge in [-0.05, 0) is 23.8 Å². The molecular weight excluding hydrogens is 256 g/mol. The number of aliphatic hydroxyl groups excluding tert-OH is 1. The van der Waals surface area contributed by atoms with E-state index in [0.29, 0.717) is 0 Å². The van der Waals surface area contributed by atoms with E-state index in [4.69, 9.17) is 5.73 Å².